The molecule has 0 saturated heterocycles. The van der Waals surface area contributed by atoms with Gasteiger partial charge in [-0.2, -0.15) is 0 Å². The van der Waals surface area contributed by atoms with Crippen molar-refractivity contribution in [2.24, 2.45) is 0 Å². The number of ether oxygens (including phenoxy) is 1. The van der Waals surface area contributed by atoms with Crippen molar-refractivity contribution in [2.75, 3.05) is 12.8 Å². The van der Waals surface area contributed by atoms with Gasteiger partial charge in [0, 0.05) is 18.0 Å². The fraction of sp³-hybridized carbons (Fsp3) is 0.250. The number of rotatable bonds is 5. The van der Waals surface area contributed by atoms with Crippen LogP contribution < -0.4 is 15.8 Å². The number of nitrogens with two attached hydrogens (primary N) is 1. The van der Waals surface area contributed by atoms with Crippen LogP contribution in [0, 0.1) is 0 Å². The lowest BCUT2D eigenvalue weighted by atomic mass is 10.1. The zero-order valence-electron chi connectivity index (χ0n) is 12.2. The number of nitrogens with one attached hydrogen (secondary N) is 1. The Morgan fingerprint density at radius 1 is 1.38 bits per heavy atom. The van der Waals surface area contributed by atoms with Crippen molar-refractivity contribution in [3.8, 4) is 5.75 Å². The number of carbonyl (C=O) groups excluding carboxylic acids is 1. The number of pyridine rings is 1. The normalized spacial score (nSPS) is 10.2. The molecule has 2 aromatic rings. The molecule has 0 aliphatic heterocycles. The van der Waals surface area contributed by atoms with E-state index >= 15 is 0 Å². The molecule has 5 nitrogen and oxygen atoms in total. The molecule has 1 aromatic heterocycles. The average molecular weight is 285 g/mol. The van der Waals surface area contributed by atoms with Crippen LogP contribution in [0.15, 0.2) is 36.5 Å². The SMILES string of the molecule is CCc1cccnc1CNC(=O)c1ccc(OC)cc1N. The third kappa shape index (κ3) is 3.51. The topological polar surface area (TPSA) is 77.2 Å². The van der Waals surface area contributed by atoms with Crippen LogP contribution in [-0.2, 0) is 13.0 Å². The smallest absolute Gasteiger partial charge is 0.253 e. The van der Waals surface area contributed by atoms with E-state index in [1.165, 1.54) is 0 Å². The van der Waals surface area contributed by atoms with Crippen LogP contribution in [0.3, 0.4) is 0 Å². The van der Waals surface area contributed by atoms with Gasteiger partial charge >= 0.3 is 0 Å². The molecular weight excluding hydrogens is 266 g/mol. The van der Waals surface area contributed by atoms with E-state index in [-0.39, 0.29) is 5.91 Å². The van der Waals surface area contributed by atoms with Gasteiger partial charge in [0.1, 0.15) is 5.75 Å². The quantitative estimate of drug-likeness (QED) is 0.825. The number of hydrogen-bond donors (Lipinski definition) is 2. The molecule has 21 heavy (non-hydrogen) atoms. The first-order valence-electron chi connectivity index (χ1n) is 6.80. The maximum Gasteiger partial charge on any atom is 0.253 e. The Morgan fingerprint density at radius 2 is 2.19 bits per heavy atom. The monoisotopic (exact) mass is 285 g/mol. The van der Waals surface area contributed by atoms with Gasteiger partial charge in [0.05, 0.1) is 24.9 Å². The standard InChI is InChI=1S/C16H19N3O2/c1-3-11-5-4-8-18-15(11)10-19-16(20)13-7-6-12(21-2)9-14(13)17/h4-9H,3,10,17H2,1-2H3,(H,19,20). The molecule has 0 atom stereocenters. The highest BCUT2D eigenvalue weighted by molar-refractivity contribution is 5.99. The van der Waals surface area contributed by atoms with Gasteiger partial charge in [0.15, 0.2) is 0 Å². The number of nitrogens with zero attached hydrogens (tertiary/aromatic N) is 1. The molecule has 0 aliphatic carbocycles. The second-order valence-electron chi connectivity index (χ2n) is 4.60. The molecule has 0 bridgehead atoms. The van der Waals surface area contributed by atoms with Crippen LogP contribution in [0.4, 0.5) is 5.69 Å². The Hall–Kier alpha value is -2.56. The summed E-state index contributed by atoms with van der Waals surface area (Å²) in [6.45, 7) is 2.44. The van der Waals surface area contributed by atoms with E-state index in [1.54, 1.807) is 31.5 Å². The summed E-state index contributed by atoms with van der Waals surface area (Å²) >= 11 is 0. The van der Waals surface area contributed by atoms with E-state index in [0.29, 0.717) is 23.5 Å². The number of aromatic nitrogens is 1. The molecule has 2 rings (SSSR count). The van der Waals surface area contributed by atoms with Crippen molar-refractivity contribution in [1.29, 1.82) is 0 Å². The van der Waals surface area contributed by atoms with Gasteiger partial charge in [-0.15, -0.1) is 0 Å². The lowest BCUT2D eigenvalue weighted by Crippen LogP contribution is -2.24. The zero-order valence-corrected chi connectivity index (χ0v) is 12.2. The zero-order chi connectivity index (χ0) is 15.2. The predicted octanol–water partition coefficient (Wildman–Crippen LogP) is 2.16. The van der Waals surface area contributed by atoms with Gasteiger partial charge in [-0.1, -0.05) is 13.0 Å². The molecule has 0 radical (unpaired) electrons. The van der Waals surface area contributed by atoms with Crippen molar-refractivity contribution >= 4 is 11.6 Å². The van der Waals surface area contributed by atoms with Crippen LogP contribution >= 0.6 is 0 Å². The molecular formula is C16H19N3O2. The Bertz CT molecular complexity index is 641. The first kappa shape index (κ1) is 14.8. The first-order valence-corrected chi connectivity index (χ1v) is 6.80. The van der Waals surface area contributed by atoms with E-state index < -0.39 is 0 Å². The summed E-state index contributed by atoms with van der Waals surface area (Å²) < 4.78 is 5.07. The summed E-state index contributed by atoms with van der Waals surface area (Å²) in [5.74, 6) is 0.407. The van der Waals surface area contributed by atoms with Crippen LogP contribution in [0.2, 0.25) is 0 Å². The number of carbonyl (C=O) groups is 1. The second kappa shape index (κ2) is 6.74. The number of benzene rings is 1. The molecule has 1 aromatic carbocycles. The minimum absolute atomic E-state index is 0.220. The second-order valence-corrected chi connectivity index (χ2v) is 4.60. The Balaban J connectivity index is 2.08. The van der Waals surface area contributed by atoms with Gasteiger partial charge in [-0.3, -0.25) is 9.78 Å². The van der Waals surface area contributed by atoms with Crippen LogP contribution in [0.1, 0.15) is 28.5 Å². The van der Waals surface area contributed by atoms with E-state index in [0.717, 1.165) is 17.7 Å². The van der Waals surface area contributed by atoms with Crippen molar-refractivity contribution in [3.05, 3.63) is 53.3 Å². The summed E-state index contributed by atoms with van der Waals surface area (Å²) in [4.78, 5) is 16.5. The summed E-state index contributed by atoms with van der Waals surface area (Å²) in [7, 11) is 1.56. The number of amides is 1. The van der Waals surface area contributed by atoms with Gasteiger partial charge in [-0.05, 0) is 30.2 Å². The van der Waals surface area contributed by atoms with Crippen LogP contribution in [0.25, 0.3) is 0 Å². The molecule has 0 fully saturated rings. The number of aryl methyl sites for hydroxylation is 1. The molecule has 5 heteroatoms. The molecule has 1 heterocycles. The van der Waals surface area contributed by atoms with E-state index in [4.69, 9.17) is 10.5 Å². The number of nitrogen functional groups attached to an aromatic ring is 1. The fourth-order valence-electron chi connectivity index (χ4n) is 2.09. The van der Waals surface area contributed by atoms with Gasteiger partial charge in [0.25, 0.3) is 5.91 Å². The molecule has 0 aliphatic rings. The Kier molecular flexibility index (Phi) is 4.77. The molecule has 0 spiro atoms. The lowest BCUT2D eigenvalue weighted by molar-refractivity contribution is 0.0951. The maximum atomic E-state index is 12.2. The summed E-state index contributed by atoms with van der Waals surface area (Å²) in [5, 5.41) is 2.85. The van der Waals surface area contributed by atoms with E-state index in [9.17, 15) is 4.79 Å². The highest BCUT2D eigenvalue weighted by Gasteiger charge is 2.11. The summed E-state index contributed by atoms with van der Waals surface area (Å²) in [5.41, 5.74) is 8.69. The molecule has 3 N–H and O–H groups in total. The van der Waals surface area contributed by atoms with Crippen molar-refractivity contribution in [1.82, 2.24) is 10.3 Å². The highest BCUT2D eigenvalue weighted by atomic mass is 16.5. The van der Waals surface area contributed by atoms with E-state index in [2.05, 4.69) is 17.2 Å². The van der Waals surface area contributed by atoms with Crippen LogP contribution in [0.5, 0.6) is 5.75 Å². The first-order chi connectivity index (χ1) is 10.2. The summed E-state index contributed by atoms with van der Waals surface area (Å²) in [6, 6.07) is 8.90. The third-order valence-corrected chi connectivity index (χ3v) is 3.29. The minimum Gasteiger partial charge on any atom is -0.497 e. The van der Waals surface area contributed by atoms with Gasteiger partial charge < -0.3 is 15.8 Å². The highest BCUT2D eigenvalue weighted by Crippen LogP contribution is 2.19. The Labute approximate surface area is 124 Å². The van der Waals surface area contributed by atoms with Crippen LogP contribution in [-0.4, -0.2) is 18.0 Å². The number of methoxy groups -OCH3 is 1. The number of anilines is 1. The largest absolute Gasteiger partial charge is 0.497 e. The predicted molar refractivity (Wildman–Crippen MR) is 82.2 cm³/mol. The average Bonchev–Trinajstić information content (AvgIpc) is 2.52. The van der Waals surface area contributed by atoms with Gasteiger partial charge in [-0.25, -0.2) is 0 Å². The molecule has 1 amide bonds. The van der Waals surface area contributed by atoms with Crippen molar-refractivity contribution < 1.29 is 9.53 Å². The summed E-state index contributed by atoms with van der Waals surface area (Å²) in [6.07, 6.45) is 2.60. The molecule has 0 saturated carbocycles. The molecule has 110 valence electrons. The van der Waals surface area contributed by atoms with Crippen molar-refractivity contribution in [2.45, 2.75) is 19.9 Å². The molecule has 0 unspecified atom stereocenters. The fourth-order valence-corrected chi connectivity index (χ4v) is 2.09. The van der Waals surface area contributed by atoms with Crippen molar-refractivity contribution in [3.63, 3.8) is 0 Å². The maximum absolute atomic E-state index is 12.2. The lowest BCUT2D eigenvalue weighted by Gasteiger charge is -2.10. The van der Waals surface area contributed by atoms with Gasteiger partial charge in [0.2, 0.25) is 0 Å². The third-order valence-electron chi connectivity index (χ3n) is 3.29. The Morgan fingerprint density at radius 3 is 2.86 bits per heavy atom. The van der Waals surface area contributed by atoms with E-state index in [1.807, 2.05) is 12.1 Å². The minimum atomic E-state index is -0.220. The number of hydrogen-bond acceptors (Lipinski definition) is 4.